The van der Waals surface area contributed by atoms with E-state index in [2.05, 4.69) is 31.4 Å². The molecule has 1 atom stereocenters. The van der Waals surface area contributed by atoms with Crippen LogP contribution in [0.15, 0.2) is 42.5 Å². The fourth-order valence-corrected chi connectivity index (χ4v) is 2.92. The molecule has 1 unspecified atom stereocenters. The van der Waals surface area contributed by atoms with Crippen LogP contribution in [0, 0.1) is 0 Å². The van der Waals surface area contributed by atoms with Gasteiger partial charge in [-0.1, -0.05) is 56.1 Å². The molecule has 0 heterocycles. The van der Waals surface area contributed by atoms with Gasteiger partial charge < -0.3 is 10.1 Å². The van der Waals surface area contributed by atoms with Gasteiger partial charge in [0.05, 0.1) is 5.02 Å². The van der Waals surface area contributed by atoms with Crippen molar-refractivity contribution in [1.82, 2.24) is 5.32 Å². The van der Waals surface area contributed by atoms with E-state index in [1.807, 2.05) is 24.3 Å². The Labute approximate surface area is 175 Å². The Balaban J connectivity index is 1.91. The molecule has 2 aromatic carbocycles. The van der Waals surface area contributed by atoms with Crippen molar-refractivity contribution >= 4 is 52.1 Å². The highest BCUT2D eigenvalue weighted by Gasteiger charge is 2.18. The predicted molar refractivity (Wildman–Crippen MR) is 116 cm³/mol. The van der Waals surface area contributed by atoms with Crippen molar-refractivity contribution in [2.45, 2.75) is 39.2 Å². The Morgan fingerprint density at radius 3 is 2.30 bits per heavy atom. The molecule has 0 bridgehead atoms. The highest BCUT2D eigenvalue weighted by atomic mass is 35.5. The maximum Gasteiger partial charge on any atom is 0.266 e. The van der Waals surface area contributed by atoms with Crippen LogP contribution >= 0.6 is 35.4 Å². The van der Waals surface area contributed by atoms with E-state index in [0.717, 1.165) is 5.69 Å². The molecule has 0 radical (unpaired) electrons. The van der Waals surface area contributed by atoms with Gasteiger partial charge in [0, 0.05) is 10.7 Å². The van der Waals surface area contributed by atoms with Gasteiger partial charge in [-0.2, -0.15) is 0 Å². The molecule has 2 aromatic rings. The fourth-order valence-electron chi connectivity index (χ4n) is 2.24. The van der Waals surface area contributed by atoms with E-state index in [1.165, 1.54) is 5.56 Å². The minimum atomic E-state index is -0.785. The number of ether oxygens (including phenoxy) is 1. The van der Waals surface area contributed by atoms with Crippen LogP contribution < -0.4 is 15.4 Å². The molecule has 2 N–H and O–H groups in total. The summed E-state index contributed by atoms with van der Waals surface area (Å²) in [5.41, 5.74) is 2.08. The van der Waals surface area contributed by atoms with E-state index in [4.69, 9.17) is 40.2 Å². The number of nitrogens with one attached hydrogen (secondary N) is 2. The zero-order chi connectivity index (χ0) is 20.2. The van der Waals surface area contributed by atoms with Gasteiger partial charge in [-0.3, -0.25) is 10.1 Å². The molecule has 1 amide bonds. The summed E-state index contributed by atoms with van der Waals surface area (Å²) in [6.07, 6.45) is -0.785. The summed E-state index contributed by atoms with van der Waals surface area (Å²) in [6.45, 7) is 8.05. The average Bonchev–Trinajstić information content (AvgIpc) is 2.56. The SMILES string of the molecule is CC(Oc1ccc(Cl)cc1Cl)C(=O)NC(=S)Nc1ccc(C(C)(C)C)cc1. The Morgan fingerprint density at radius 2 is 1.74 bits per heavy atom. The number of anilines is 1. The highest BCUT2D eigenvalue weighted by molar-refractivity contribution is 7.80. The summed E-state index contributed by atoms with van der Waals surface area (Å²) in [7, 11) is 0. The first-order valence-corrected chi connectivity index (χ1v) is 9.57. The van der Waals surface area contributed by atoms with Gasteiger partial charge in [0.1, 0.15) is 5.75 Å². The number of carbonyl (C=O) groups excluding carboxylic acids is 1. The number of rotatable bonds is 4. The van der Waals surface area contributed by atoms with Crippen molar-refractivity contribution in [1.29, 1.82) is 0 Å². The quantitative estimate of drug-likeness (QED) is 0.629. The number of halogens is 2. The number of thiocarbonyl (C=S) groups is 1. The minimum Gasteiger partial charge on any atom is -0.479 e. The second-order valence-corrected chi connectivity index (χ2v) is 8.36. The van der Waals surface area contributed by atoms with Crippen LogP contribution in [0.25, 0.3) is 0 Å². The number of hydrogen-bond acceptors (Lipinski definition) is 3. The Hall–Kier alpha value is -1.82. The first kappa shape index (κ1) is 21.5. The first-order valence-electron chi connectivity index (χ1n) is 8.40. The molecular formula is C20H22Cl2N2O2S. The van der Waals surface area contributed by atoms with E-state index in [-0.39, 0.29) is 16.4 Å². The lowest BCUT2D eigenvalue weighted by Crippen LogP contribution is -2.42. The molecule has 7 heteroatoms. The number of amides is 1. The van der Waals surface area contributed by atoms with Gasteiger partial charge in [-0.05, 0) is 60.5 Å². The lowest BCUT2D eigenvalue weighted by molar-refractivity contribution is -0.125. The molecule has 0 aliphatic carbocycles. The van der Waals surface area contributed by atoms with Gasteiger partial charge in [0.25, 0.3) is 5.91 Å². The molecule has 0 aromatic heterocycles. The zero-order valence-electron chi connectivity index (χ0n) is 15.6. The molecular weight excluding hydrogens is 403 g/mol. The van der Waals surface area contributed by atoms with E-state index in [9.17, 15) is 4.79 Å². The van der Waals surface area contributed by atoms with Crippen LogP contribution in [0.5, 0.6) is 5.75 Å². The summed E-state index contributed by atoms with van der Waals surface area (Å²) in [4.78, 5) is 12.3. The van der Waals surface area contributed by atoms with E-state index >= 15 is 0 Å². The Kier molecular flexibility index (Phi) is 7.09. The summed E-state index contributed by atoms with van der Waals surface area (Å²) in [5, 5.41) is 6.62. The Morgan fingerprint density at radius 1 is 1.11 bits per heavy atom. The van der Waals surface area contributed by atoms with E-state index < -0.39 is 6.10 Å². The number of hydrogen-bond donors (Lipinski definition) is 2. The van der Waals surface area contributed by atoms with Gasteiger partial charge in [-0.15, -0.1) is 0 Å². The molecule has 0 spiro atoms. The standard InChI is InChI=1S/C20H22Cl2N2O2S/c1-12(26-17-10-7-14(21)11-16(17)22)18(25)24-19(27)23-15-8-5-13(6-9-15)20(2,3)4/h5-12H,1-4H3,(H2,23,24,25,27). The molecule has 0 saturated carbocycles. The molecule has 144 valence electrons. The van der Waals surface area contributed by atoms with Crippen LogP contribution in [-0.4, -0.2) is 17.1 Å². The molecule has 0 aliphatic heterocycles. The second kappa shape index (κ2) is 8.91. The van der Waals surface area contributed by atoms with Crippen LogP contribution in [0.4, 0.5) is 5.69 Å². The third-order valence-electron chi connectivity index (χ3n) is 3.81. The van der Waals surface area contributed by atoms with Gasteiger partial charge in [0.15, 0.2) is 11.2 Å². The number of benzene rings is 2. The van der Waals surface area contributed by atoms with Crippen molar-refractivity contribution in [3.8, 4) is 5.75 Å². The molecule has 27 heavy (non-hydrogen) atoms. The molecule has 4 nitrogen and oxygen atoms in total. The summed E-state index contributed by atoms with van der Waals surface area (Å²) < 4.78 is 5.58. The monoisotopic (exact) mass is 424 g/mol. The third kappa shape index (κ3) is 6.38. The van der Waals surface area contributed by atoms with Crippen LogP contribution in [0.2, 0.25) is 10.0 Å². The summed E-state index contributed by atoms with van der Waals surface area (Å²) in [6, 6.07) is 12.7. The summed E-state index contributed by atoms with van der Waals surface area (Å²) in [5.74, 6) is -0.00908. The Bertz CT molecular complexity index is 833. The second-order valence-electron chi connectivity index (χ2n) is 7.11. The molecule has 0 fully saturated rings. The van der Waals surface area contributed by atoms with Crippen LogP contribution in [0.1, 0.15) is 33.3 Å². The fraction of sp³-hybridized carbons (Fsp3) is 0.300. The first-order chi connectivity index (χ1) is 12.6. The van der Waals surface area contributed by atoms with Gasteiger partial charge >= 0.3 is 0 Å². The minimum absolute atomic E-state index is 0.0724. The van der Waals surface area contributed by atoms with E-state index in [1.54, 1.807) is 25.1 Å². The highest BCUT2D eigenvalue weighted by Crippen LogP contribution is 2.28. The normalized spacial score (nSPS) is 12.2. The topological polar surface area (TPSA) is 50.4 Å². The largest absolute Gasteiger partial charge is 0.479 e. The van der Waals surface area contributed by atoms with Crippen molar-refractivity contribution in [3.05, 3.63) is 58.1 Å². The molecule has 0 aliphatic rings. The van der Waals surface area contributed by atoms with Crippen molar-refractivity contribution in [2.75, 3.05) is 5.32 Å². The van der Waals surface area contributed by atoms with Crippen molar-refractivity contribution < 1.29 is 9.53 Å². The average molecular weight is 425 g/mol. The zero-order valence-corrected chi connectivity index (χ0v) is 17.9. The van der Waals surface area contributed by atoms with Crippen LogP contribution in [-0.2, 0) is 10.2 Å². The molecule has 2 rings (SSSR count). The van der Waals surface area contributed by atoms with Crippen LogP contribution in [0.3, 0.4) is 0 Å². The lowest BCUT2D eigenvalue weighted by Gasteiger charge is -2.20. The lowest BCUT2D eigenvalue weighted by atomic mass is 9.87. The van der Waals surface area contributed by atoms with Gasteiger partial charge in [-0.25, -0.2) is 0 Å². The smallest absolute Gasteiger partial charge is 0.266 e. The van der Waals surface area contributed by atoms with Gasteiger partial charge in [0.2, 0.25) is 0 Å². The van der Waals surface area contributed by atoms with Crippen molar-refractivity contribution in [2.24, 2.45) is 0 Å². The summed E-state index contributed by atoms with van der Waals surface area (Å²) >= 11 is 17.1. The predicted octanol–water partition coefficient (Wildman–Crippen LogP) is 5.57. The van der Waals surface area contributed by atoms with Crippen molar-refractivity contribution in [3.63, 3.8) is 0 Å². The third-order valence-corrected chi connectivity index (χ3v) is 4.55. The maximum absolute atomic E-state index is 12.3. The van der Waals surface area contributed by atoms with E-state index in [0.29, 0.717) is 15.8 Å². The number of carbonyl (C=O) groups is 1. The molecule has 0 saturated heterocycles. The maximum atomic E-state index is 12.3.